The predicted molar refractivity (Wildman–Crippen MR) is 235 cm³/mol. The quantitative estimate of drug-likeness (QED) is 0.0715. The summed E-state index contributed by atoms with van der Waals surface area (Å²) in [5.74, 6) is -1.68. The molecule has 0 bridgehead atoms. The van der Waals surface area contributed by atoms with Gasteiger partial charge in [0, 0.05) is 75.8 Å². The lowest BCUT2D eigenvalue weighted by Crippen LogP contribution is -2.54. The summed E-state index contributed by atoms with van der Waals surface area (Å²) >= 11 is 12.7. The molecule has 1 aromatic heterocycles. The number of amides is 6. The Labute approximate surface area is 377 Å². The van der Waals surface area contributed by atoms with Crippen LogP contribution in [-0.4, -0.2) is 128 Å². The third-order valence-corrected chi connectivity index (χ3v) is 11.6. The summed E-state index contributed by atoms with van der Waals surface area (Å²) in [6.45, 7) is 11.2. The molecule has 0 spiro atoms. The summed E-state index contributed by atoms with van der Waals surface area (Å²) in [6, 6.07) is 10.0. The number of aromatic nitrogens is 1. The molecule has 6 amide bonds. The average molecular weight is 916 g/mol. The number of pyridine rings is 1. The Morgan fingerprint density at radius 1 is 0.922 bits per heavy atom. The number of anilines is 2. The lowest BCUT2D eigenvalue weighted by Gasteiger charge is -2.34. The van der Waals surface area contributed by atoms with E-state index in [0.717, 1.165) is 11.4 Å². The van der Waals surface area contributed by atoms with E-state index in [2.05, 4.69) is 30.7 Å². The molecule has 18 nitrogen and oxygen atoms in total. The summed E-state index contributed by atoms with van der Waals surface area (Å²) in [6.07, 6.45) is 2.87. The van der Waals surface area contributed by atoms with Crippen molar-refractivity contribution >= 4 is 86.6 Å². The average Bonchev–Trinajstić information content (AvgIpc) is 3.55. The number of nitrogens with zero attached hydrogens (tertiary/aromatic N) is 5. The van der Waals surface area contributed by atoms with Crippen LogP contribution in [0.3, 0.4) is 0 Å². The Bertz CT molecular complexity index is 2560. The minimum absolute atomic E-state index is 0.00498. The smallest absolute Gasteiger partial charge is 0.266 e. The molecule has 3 N–H and O–H groups in total. The zero-order valence-corrected chi connectivity index (χ0v) is 36.5. The summed E-state index contributed by atoms with van der Waals surface area (Å²) in [4.78, 5) is 88.9. The molecule has 1 unspecified atom stereocenters. The van der Waals surface area contributed by atoms with Crippen molar-refractivity contribution in [2.24, 2.45) is 0 Å². The van der Waals surface area contributed by atoms with Gasteiger partial charge in [-0.3, -0.25) is 48.9 Å². The fourth-order valence-corrected chi connectivity index (χ4v) is 8.22. The van der Waals surface area contributed by atoms with Gasteiger partial charge in [-0.05, 0) is 43.5 Å². The molecule has 3 aliphatic rings. The summed E-state index contributed by atoms with van der Waals surface area (Å²) < 4.78 is 22.8. The standard InChI is InChI=1S/C44H44Cl2N8O10/c1-47-31-23-49-29-21-36(35(62-3)19-26(29)41(31)50-30-22-34(61-2)28(46)20-27(30)45)63-18-6-13-52-14-16-53(17-15-52)39(57)9-5-12-48-38(56)24-64-33-8-4-7-25-40(33)44(60)54(43(25)59)32-10-11-37(55)51-42(32)58/h4,7-8,19-23,32H,5-6,9-18,24H2,2-3H3,(H,48,56)(H,49,50)(H,51,55,58). The molecule has 3 aromatic carbocycles. The molecule has 20 heteroatoms. The Morgan fingerprint density at radius 2 is 1.70 bits per heavy atom. The molecule has 64 heavy (non-hydrogen) atoms. The monoisotopic (exact) mass is 914 g/mol. The Hall–Kier alpha value is -6.68. The van der Waals surface area contributed by atoms with Crippen LogP contribution in [0.4, 0.5) is 17.1 Å². The van der Waals surface area contributed by atoms with Crippen molar-refractivity contribution in [1.29, 1.82) is 0 Å². The molecule has 0 saturated carbocycles. The number of piperidine rings is 1. The Balaban J connectivity index is 0.818. The highest BCUT2D eigenvalue weighted by Crippen LogP contribution is 2.43. The maximum Gasteiger partial charge on any atom is 0.266 e. The zero-order chi connectivity index (χ0) is 45.5. The first-order valence-electron chi connectivity index (χ1n) is 20.5. The van der Waals surface area contributed by atoms with Crippen molar-refractivity contribution in [2.75, 3.05) is 72.0 Å². The van der Waals surface area contributed by atoms with Gasteiger partial charge in [-0.1, -0.05) is 29.3 Å². The van der Waals surface area contributed by atoms with Crippen LogP contribution in [-0.2, 0) is 19.2 Å². The largest absolute Gasteiger partial charge is 0.495 e. The van der Waals surface area contributed by atoms with Crippen molar-refractivity contribution in [1.82, 2.24) is 30.3 Å². The first-order chi connectivity index (χ1) is 30.9. The predicted octanol–water partition coefficient (Wildman–Crippen LogP) is 5.14. The highest BCUT2D eigenvalue weighted by molar-refractivity contribution is 6.37. The molecule has 1 atom stereocenters. The number of hydrogen-bond acceptors (Lipinski definition) is 13. The lowest BCUT2D eigenvalue weighted by atomic mass is 10.0. The van der Waals surface area contributed by atoms with Gasteiger partial charge in [0.05, 0.1) is 65.5 Å². The molecular formula is C44H44Cl2N8O10. The van der Waals surface area contributed by atoms with Gasteiger partial charge in [-0.25, -0.2) is 4.85 Å². The second-order valence-electron chi connectivity index (χ2n) is 15.0. The number of carbonyl (C=O) groups excluding carboxylic acids is 6. The van der Waals surface area contributed by atoms with E-state index in [1.54, 1.807) is 24.3 Å². The third-order valence-electron chi connectivity index (χ3n) is 11.0. The summed E-state index contributed by atoms with van der Waals surface area (Å²) in [7, 11) is 3.04. The molecule has 4 heterocycles. The number of nitrogens with one attached hydrogen (secondary N) is 3. The lowest BCUT2D eigenvalue weighted by molar-refractivity contribution is -0.136. The molecule has 7 rings (SSSR count). The van der Waals surface area contributed by atoms with E-state index in [1.165, 1.54) is 38.6 Å². The molecule has 2 fully saturated rings. The minimum atomic E-state index is -1.12. The molecule has 0 radical (unpaired) electrons. The van der Waals surface area contributed by atoms with Crippen LogP contribution >= 0.6 is 23.2 Å². The number of methoxy groups -OCH3 is 2. The van der Waals surface area contributed by atoms with Crippen molar-refractivity contribution in [2.45, 2.75) is 38.1 Å². The SMILES string of the molecule is [C-]#[N+]c1cnc2cc(OCCCN3CCN(C(=O)CCCNC(=O)COc4cccc5c4C(=O)N(C4CCC(=O)NC4=O)C5=O)CC3)c(OC)cc2c1Nc1cc(OC)c(Cl)cc1Cl. The second kappa shape index (κ2) is 20.2. The number of rotatable bonds is 17. The van der Waals surface area contributed by atoms with Gasteiger partial charge in [-0.2, -0.15) is 0 Å². The fraction of sp³-hybridized carbons (Fsp3) is 0.364. The molecule has 0 aliphatic carbocycles. The first kappa shape index (κ1) is 45.3. The minimum Gasteiger partial charge on any atom is -0.495 e. The molecular weight excluding hydrogens is 871 g/mol. The number of ether oxygens (including phenoxy) is 4. The van der Waals surface area contributed by atoms with Crippen LogP contribution in [0, 0.1) is 6.57 Å². The third kappa shape index (κ3) is 9.91. The van der Waals surface area contributed by atoms with Gasteiger partial charge < -0.3 is 34.5 Å². The highest BCUT2D eigenvalue weighted by atomic mass is 35.5. The fourth-order valence-electron chi connectivity index (χ4n) is 7.71. The van der Waals surface area contributed by atoms with Crippen LogP contribution in [0.25, 0.3) is 15.7 Å². The topological polar surface area (TPSA) is 202 Å². The van der Waals surface area contributed by atoms with Crippen molar-refractivity contribution in [3.8, 4) is 23.0 Å². The molecule has 334 valence electrons. The number of hydrogen-bond donors (Lipinski definition) is 3. The van der Waals surface area contributed by atoms with E-state index in [0.29, 0.717) is 95.2 Å². The molecule has 4 aromatic rings. The van der Waals surface area contributed by atoms with Gasteiger partial charge in [-0.15, -0.1) is 0 Å². The van der Waals surface area contributed by atoms with E-state index < -0.39 is 42.2 Å². The van der Waals surface area contributed by atoms with E-state index in [9.17, 15) is 28.8 Å². The zero-order valence-electron chi connectivity index (χ0n) is 35.0. The number of fused-ring (bicyclic) bond motifs is 2. The van der Waals surface area contributed by atoms with E-state index in [1.807, 2.05) is 4.90 Å². The number of halogens is 2. The second-order valence-corrected chi connectivity index (χ2v) is 15.8. The number of imide groups is 2. The van der Waals surface area contributed by atoms with Crippen LogP contribution in [0.5, 0.6) is 23.0 Å². The normalized spacial score (nSPS) is 16.3. The Morgan fingerprint density at radius 3 is 2.44 bits per heavy atom. The number of benzene rings is 3. The van der Waals surface area contributed by atoms with Gasteiger partial charge in [0.15, 0.2) is 18.1 Å². The van der Waals surface area contributed by atoms with Crippen molar-refractivity contribution in [3.63, 3.8) is 0 Å². The van der Waals surface area contributed by atoms with Crippen LogP contribution in [0.15, 0.2) is 48.7 Å². The van der Waals surface area contributed by atoms with Gasteiger partial charge in [0.1, 0.15) is 17.5 Å². The molecule has 2 saturated heterocycles. The van der Waals surface area contributed by atoms with E-state index in [-0.39, 0.29) is 54.3 Å². The van der Waals surface area contributed by atoms with Crippen molar-refractivity contribution in [3.05, 3.63) is 81.3 Å². The Kier molecular flexibility index (Phi) is 14.3. The maximum absolute atomic E-state index is 13.3. The van der Waals surface area contributed by atoms with Crippen LogP contribution in [0.2, 0.25) is 10.0 Å². The van der Waals surface area contributed by atoms with E-state index in [4.69, 9.17) is 48.7 Å². The summed E-state index contributed by atoms with van der Waals surface area (Å²) in [5, 5.41) is 9.44. The number of piperazine rings is 1. The van der Waals surface area contributed by atoms with Crippen LogP contribution in [0.1, 0.15) is 52.8 Å². The highest BCUT2D eigenvalue weighted by Gasteiger charge is 2.46. The maximum atomic E-state index is 13.3. The van der Waals surface area contributed by atoms with Gasteiger partial charge in [0.25, 0.3) is 17.7 Å². The number of carbonyl (C=O) groups is 6. The van der Waals surface area contributed by atoms with Crippen LogP contribution < -0.4 is 34.9 Å². The van der Waals surface area contributed by atoms with E-state index >= 15 is 0 Å². The van der Waals surface area contributed by atoms with Gasteiger partial charge in [0.2, 0.25) is 23.4 Å². The van der Waals surface area contributed by atoms with Crippen molar-refractivity contribution < 1.29 is 47.7 Å². The summed E-state index contributed by atoms with van der Waals surface area (Å²) in [5.41, 5.74) is 1.83. The first-order valence-corrected chi connectivity index (χ1v) is 21.2. The van der Waals surface area contributed by atoms with Gasteiger partial charge >= 0.3 is 0 Å². The molecule has 3 aliphatic heterocycles.